The number of carbonyl (C=O) groups excluding carboxylic acids is 1. The van der Waals surface area contributed by atoms with E-state index in [2.05, 4.69) is 25.7 Å². The van der Waals surface area contributed by atoms with Gasteiger partial charge in [0.15, 0.2) is 11.4 Å². The lowest BCUT2D eigenvalue weighted by molar-refractivity contribution is 0.0997. The Bertz CT molecular complexity index is 1410. The van der Waals surface area contributed by atoms with E-state index in [1.54, 1.807) is 44.3 Å². The van der Waals surface area contributed by atoms with Crippen LogP contribution in [0.15, 0.2) is 41.3 Å². The number of nitrogens with zero attached hydrogens (tertiary/aromatic N) is 3. The Morgan fingerprint density at radius 3 is 2.69 bits per heavy atom. The van der Waals surface area contributed by atoms with Crippen LogP contribution in [0.1, 0.15) is 15.9 Å². The summed E-state index contributed by atoms with van der Waals surface area (Å²) in [6, 6.07) is 8.02. The van der Waals surface area contributed by atoms with Crippen LogP contribution in [0.4, 0.5) is 27.4 Å². The van der Waals surface area contributed by atoms with Gasteiger partial charge in [0, 0.05) is 13.1 Å². The van der Waals surface area contributed by atoms with Gasteiger partial charge in [0.2, 0.25) is 0 Å². The summed E-state index contributed by atoms with van der Waals surface area (Å²) < 4.78 is 20.2. The molecule has 3 aromatic heterocycles. The quantitative estimate of drug-likeness (QED) is 0.364. The highest BCUT2D eigenvalue weighted by Gasteiger charge is 2.18. The highest BCUT2D eigenvalue weighted by molar-refractivity contribution is 5.99. The number of fused-ring (bicyclic) bond motifs is 1. The number of rotatable bonds is 6. The van der Waals surface area contributed by atoms with Gasteiger partial charge in [-0.1, -0.05) is 6.07 Å². The zero-order chi connectivity index (χ0) is 23.0. The molecule has 32 heavy (non-hydrogen) atoms. The average Bonchev–Trinajstić information content (AvgIpc) is 3.04. The van der Waals surface area contributed by atoms with Gasteiger partial charge >= 0.3 is 0 Å². The molecule has 3 heterocycles. The Kier molecular flexibility index (Phi) is 5.23. The van der Waals surface area contributed by atoms with Crippen LogP contribution in [-0.2, 0) is 7.05 Å². The molecule has 0 atom stereocenters. The Labute approximate surface area is 181 Å². The van der Waals surface area contributed by atoms with E-state index >= 15 is 0 Å². The second kappa shape index (κ2) is 8.02. The molecule has 164 valence electrons. The fraction of sp³-hybridized carbons (Fsp3) is 0.143. The molecule has 11 heteroatoms. The maximum atomic E-state index is 13.6. The second-order valence-electron chi connectivity index (χ2n) is 7.07. The van der Waals surface area contributed by atoms with Crippen molar-refractivity contribution < 1.29 is 13.9 Å². The van der Waals surface area contributed by atoms with Crippen LogP contribution in [0.2, 0.25) is 0 Å². The minimum absolute atomic E-state index is 0.189. The number of carbonyl (C=O) groups is 1. The number of anilines is 4. The minimum Gasteiger partial charge on any atom is -0.494 e. The predicted molar refractivity (Wildman–Crippen MR) is 118 cm³/mol. The molecule has 0 saturated carbocycles. The van der Waals surface area contributed by atoms with Gasteiger partial charge in [-0.3, -0.25) is 19.4 Å². The standard InChI is InChI=1S/C21H20FN7O3/c1-10-7-15(24-9-12(10)22)26-16-8-14(17-20(27-16)28-29(2)21(17)31)25-13-6-4-5-11(19(23)30)18(13)32-3/h4-9H,1-3H3,(H2,23,30)(H3,24,25,26,27,28). The maximum Gasteiger partial charge on any atom is 0.277 e. The highest BCUT2D eigenvalue weighted by Crippen LogP contribution is 2.34. The number of methoxy groups -OCH3 is 1. The average molecular weight is 437 g/mol. The number of ether oxygens (including phenoxy) is 1. The van der Waals surface area contributed by atoms with Gasteiger partial charge in [-0.05, 0) is 30.7 Å². The first kappa shape index (κ1) is 20.8. The van der Waals surface area contributed by atoms with Gasteiger partial charge in [-0.25, -0.2) is 14.4 Å². The molecular formula is C21H20FN7O3. The molecule has 5 N–H and O–H groups in total. The van der Waals surface area contributed by atoms with E-state index in [1.165, 1.54) is 11.8 Å². The smallest absolute Gasteiger partial charge is 0.277 e. The Morgan fingerprint density at radius 2 is 2.00 bits per heavy atom. The van der Waals surface area contributed by atoms with Gasteiger partial charge < -0.3 is 21.1 Å². The molecule has 0 aliphatic carbocycles. The van der Waals surface area contributed by atoms with Crippen LogP contribution in [0.5, 0.6) is 5.75 Å². The van der Waals surface area contributed by atoms with Crippen LogP contribution >= 0.6 is 0 Å². The van der Waals surface area contributed by atoms with Crippen molar-refractivity contribution in [1.82, 2.24) is 19.7 Å². The first-order valence-corrected chi connectivity index (χ1v) is 9.51. The number of halogens is 1. The molecule has 1 aromatic carbocycles. The Balaban J connectivity index is 1.83. The maximum absolute atomic E-state index is 13.6. The molecule has 1 amide bonds. The van der Waals surface area contributed by atoms with E-state index in [0.717, 1.165) is 6.20 Å². The molecule has 10 nitrogen and oxygen atoms in total. The van der Waals surface area contributed by atoms with Gasteiger partial charge in [0.25, 0.3) is 11.5 Å². The summed E-state index contributed by atoms with van der Waals surface area (Å²) in [5.41, 5.74) is 6.90. The normalized spacial score (nSPS) is 10.9. The van der Waals surface area contributed by atoms with E-state index in [0.29, 0.717) is 39.6 Å². The van der Waals surface area contributed by atoms with E-state index in [-0.39, 0.29) is 16.9 Å². The summed E-state index contributed by atoms with van der Waals surface area (Å²) in [5, 5.41) is 9.33. The fourth-order valence-electron chi connectivity index (χ4n) is 3.32. The lowest BCUT2D eigenvalue weighted by Gasteiger charge is -2.15. The number of aromatic amines is 1. The Morgan fingerprint density at radius 1 is 1.22 bits per heavy atom. The zero-order valence-electron chi connectivity index (χ0n) is 17.5. The van der Waals surface area contributed by atoms with Crippen LogP contribution in [0, 0.1) is 12.7 Å². The van der Waals surface area contributed by atoms with Crippen molar-refractivity contribution in [1.29, 1.82) is 0 Å². The highest BCUT2D eigenvalue weighted by atomic mass is 19.1. The van der Waals surface area contributed by atoms with Crippen molar-refractivity contribution in [3.63, 3.8) is 0 Å². The van der Waals surface area contributed by atoms with E-state index < -0.39 is 11.7 Å². The molecule has 0 radical (unpaired) electrons. The largest absolute Gasteiger partial charge is 0.494 e. The summed E-state index contributed by atoms with van der Waals surface area (Å²) in [7, 11) is 2.99. The molecule has 0 spiro atoms. The molecule has 4 rings (SSSR count). The monoisotopic (exact) mass is 437 g/mol. The molecular weight excluding hydrogens is 417 g/mol. The molecule has 0 unspecified atom stereocenters. The van der Waals surface area contributed by atoms with Crippen molar-refractivity contribution in [3.05, 3.63) is 63.8 Å². The van der Waals surface area contributed by atoms with E-state index in [1.807, 2.05) is 0 Å². The first-order valence-electron chi connectivity index (χ1n) is 9.51. The number of para-hydroxylation sites is 1. The van der Waals surface area contributed by atoms with Gasteiger partial charge in [-0.2, -0.15) is 0 Å². The summed E-state index contributed by atoms with van der Waals surface area (Å²) in [5.74, 6) is -0.0977. The number of benzene rings is 1. The van der Waals surface area contributed by atoms with E-state index in [4.69, 9.17) is 10.5 Å². The molecule has 0 fully saturated rings. The lowest BCUT2D eigenvalue weighted by atomic mass is 10.1. The van der Waals surface area contributed by atoms with E-state index in [9.17, 15) is 14.0 Å². The first-order chi connectivity index (χ1) is 15.3. The summed E-state index contributed by atoms with van der Waals surface area (Å²) in [4.78, 5) is 32.9. The molecule has 0 aliphatic rings. The third-order valence-corrected chi connectivity index (χ3v) is 4.87. The number of primary amides is 1. The Hall–Kier alpha value is -4.41. The second-order valence-corrected chi connectivity index (χ2v) is 7.07. The minimum atomic E-state index is -0.650. The van der Waals surface area contributed by atoms with Crippen molar-refractivity contribution in [2.45, 2.75) is 6.92 Å². The number of aromatic nitrogens is 4. The number of nitrogens with two attached hydrogens (primary N) is 1. The predicted octanol–water partition coefficient (Wildman–Crippen LogP) is 2.70. The van der Waals surface area contributed by atoms with Gasteiger partial charge in [-0.15, -0.1) is 0 Å². The van der Waals surface area contributed by atoms with Crippen molar-refractivity contribution in [2.24, 2.45) is 12.8 Å². The van der Waals surface area contributed by atoms with Crippen LogP contribution < -0.4 is 26.7 Å². The molecule has 0 bridgehead atoms. The molecule has 0 saturated heterocycles. The SMILES string of the molecule is COc1c(Nc2cc(Nc3cc(C)c(F)cn3)nc3[nH]n(C)c(=O)c23)cccc1C(N)=O. The number of H-pyrrole nitrogens is 1. The number of hydrogen-bond acceptors (Lipinski definition) is 7. The summed E-state index contributed by atoms with van der Waals surface area (Å²) in [6.45, 7) is 1.62. The number of hydrogen-bond donors (Lipinski definition) is 4. The fourth-order valence-corrected chi connectivity index (χ4v) is 3.32. The van der Waals surface area contributed by atoms with Crippen molar-refractivity contribution in [3.8, 4) is 5.75 Å². The summed E-state index contributed by atoms with van der Waals surface area (Å²) >= 11 is 0. The third kappa shape index (κ3) is 3.71. The van der Waals surface area contributed by atoms with Crippen LogP contribution in [-0.4, -0.2) is 32.8 Å². The van der Waals surface area contributed by atoms with Crippen molar-refractivity contribution >= 4 is 40.0 Å². The zero-order valence-corrected chi connectivity index (χ0v) is 17.5. The summed E-state index contributed by atoms with van der Waals surface area (Å²) in [6.07, 6.45) is 1.11. The van der Waals surface area contributed by atoms with Crippen LogP contribution in [0.25, 0.3) is 11.0 Å². The number of aryl methyl sites for hydroxylation is 2. The van der Waals surface area contributed by atoms with Gasteiger partial charge in [0.1, 0.15) is 22.8 Å². The number of amides is 1. The van der Waals surface area contributed by atoms with Crippen molar-refractivity contribution in [2.75, 3.05) is 17.7 Å². The molecule has 0 aliphatic heterocycles. The number of pyridine rings is 2. The third-order valence-electron chi connectivity index (χ3n) is 4.87. The van der Waals surface area contributed by atoms with Crippen LogP contribution in [0.3, 0.4) is 0 Å². The molecule has 4 aromatic rings. The topological polar surface area (TPSA) is 140 Å². The van der Waals surface area contributed by atoms with Gasteiger partial charge in [0.05, 0.1) is 30.2 Å². The number of nitrogens with one attached hydrogen (secondary N) is 3. The lowest BCUT2D eigenvalue weighted by Crippen LogP contribution is -2.14.